The Morgan fingerprint density at radius 1 is 1.38 bits per heavy atom. The normalized spacial score (nSPS) is 16.4. The van der Waals surface area contributed by atoms with Crippen LogP contribution in [0.1, 0.15) is 12.6 Å². The van der Waals surface area contributed by atoms with Gasteiger partial charge in [0.15, 0.2) is 0 Å². The molecule has 1 aliphatic heterocycles. The summed E-state index contributed by atoms with van der Waals surface area (Å²) in [5.74, 6) is -1.34. The smallest absolute Gasteiger partial charge is 0.139 e. The van der Waals surface area contributed by atoms with Crippen LogP contribution in [0, 0.1) is 11.6 Å². The quantitative estimate of drug-likeness (QED) is 0.557. The van der Waals surface area contributed by atoms with E-state index in [1.807, 2.05) is 0 Å². The van der Waals surface area contributed by atoms with Gasteiger partial charge in [0.2, 0.25) is 0 Å². The van der Waals surface area contributed by atoms with E-state index in [-0.39, 0.29) is 17.4 Å². The number of halogens is 4. The molecule has 0 radical (unpaired) electrons. The average molecular weight is 487 g/mol. The molecule has 0 amide bonds. The number of aldehydes is 1. The molecule has 3 aromatic rings. The van der Waals surface area contributed by atoms with E-state index in [1.54, 1.807) is 22.7 Å². The summed E-state index contributed by atoms with van der Waals surface area (Å²) in [5.41, 5.74) is 1.34. The predicted octanol–water partition coefficient (Wildman–Crippen LogP) is 4.43. The Hall–Kier alpha value is -1.87. The molecule has 1 fully saturated rings. The number of hydrogen-bond acceptors (Lipinski definition) is 4. The van der Waals surface area contributed by atoms with Crippen LogP contribution >= 0.6 is 27.5 Å². The number of ether oxygens (including phenoxy) is 1. The topological polar surface area (TPSA) is 55.6 Å². The lowest BCUT2D eigenvalue weighted by atomic mass is 10.0. The third-order valence-electron chi connectivity index (χ3n) is 4.36. The van der Waals surface area contributed by atoms with Crippen molar-refractivity contribution in [2.75, 3.05) is 19.7 Å². The molecule has 0 saturated carbocycles. The van der Waals surface area contributed by atoms with Crippen molar-refractivity contribution in [3.63, 3.8) is 0 Å². The van der Waals surface area contributed by atoms with Gasteiger partial charge in [-0.05, 0) is 25.1 Å². The van der Waals surface area contributed by atoms with Crippen molar-refractivity contribution in [1.29, 1.82) is 0 Å². The average Bonchev–Trinajstić information content (AvgIpc) is 2.99. The number of fused-ring (bicyclic) bond motifs is 1. The first kappa shape index (κ1) is 21.8. The zero-order valence-electron chi connectivity index (χ0n) is 15.6. The Morgan fingerprint density at radius 2 is 2.07 bits per heavy atom. The molecule has 0 aliphatic carbocycles. The van der Waals surface area contributed by atoms with Gasteiger partial charge in [-0.1, -0.05) is 27.5 Å². The fourth-order valence-electron chi connectivity index (χ4n) is 3.20. The van der Waals surface area contributed by atoms with E-state index in [0.29, 0.717) is 40.4 Å². The Morgan fingerprint density at radius 3 is 2.69 bits per heavy atom. The van der Waals surface area contributed by atoms with Crippen molar-refractivity contribution in [3.8, 4) is 11.3 Å². The number of morpholine rings is 1. The molecule has 5 nitrogen and oxygen atoms in total. The number of pyridine rings is 1. The molecule has 0 spiro atoms. The Balaban J connectivity index is 0.000000755. The lowest BCUT2D eigenvalue weighted by Crippen LogP contribution is -2.39. The number of carbonyl (C=O) groups excluding carboxylic acids is 1. The summed E-state index contributed by atoms with van der Waals surface area (Å²) < 4.78 is 37.1. The Kier molecular flexibility index (Phi) is 7.34. The maximum Gasteiger partial charge on any atom is 0.139 e. The molecule has 1 aliphatic rings. The van der Waals surface area contributed by atoms with Crippen LogP contribution in [0.3, 0.4) is 0 Å². The van der Waals surface area contributed by atoms with Gasteiger partial charge >= 0.3 is 0 Å². The Bertz CT molecular complexity index is 999. The second-order valence-corrected chi connectivity index (χ2v) is 7.71. The van der Waals surface area contributed by atoms with Gasteiger partial charge in [-0.3, -0.25) is 0 Å². The third kappa shape index (κ3) is 5.01. The highest BCUT2D eigenvalue weighted by atomic mass is 79.9. The third-order valence-corrected chi connectivity index (χ3v) is 5.05. The van der Waals surface area contributed by atoms with Gasteiger partial charge in [-0.25, -0.2) is 13.8 Å². The van der Waals surface area contributed by atoms with E-state index in [9.17, 15) is 8.78 Å². The van der Waals surface area contributed by atoms with Crippen molar-refractivity contribution >= 4 is 39.5 Å². The summed E-state index contributed by atoms with van der Waals surface area (Å²) in [5, 5.41) is 3.77. The van der Waals surface area contributed by atoms with Gasteiger partial charge in [-0.2, -0.15) is 0 Å². The lowest BCUT2D eigenvalue weighted by Gasteiger charge is -2.24. The minimum atomic E-state index is -0.671. The number of carbonyl (C=O) groups is 1. The molecule has 9 heteroatoms. The van der Waals surface area contributed by atoms with E-state index in [0.717, 1.165) is 12.8 Å². The molecular formula is C20H19BrClF2N3O2. The first-order chi connectivity index (χ1) is 13.9. The van der Waals surface area contributed by atoms with Crippen LogP contribution in [-0.2, 0) is 16.0 Å². The van der Waals surface area contributed by atoms with Crippen LogP contribution in [0.5, 0.6) is 0 Å². The number of hydrogen-bond donors (Lipinski definition) is 1. The number of imidazole rings is 1. The van der Waals surface area contributed by atoms with E-state index in [1.165, 1.54) is 19.1 Å². The summed E-state index contributed by atoms with van der Waals surface area (Å²) in [4.78, 5) is 13.3. The van der Waals surface area contributed by atoms with Crippen LogP contribution in [-0.4, -0.2) is 41.5 Å². The fraction of sp³-hybridized carbons (Fsp3) is 0.300. The maximum atomic E-state index is 14.6. The summed E-state index contributed by atoms with van der Waals surface area (Å²) in [6.07, 6.45) is 2.88. The molecule has 154 valence electrons. The summed E-state index contributed by atoms with van der Waals surface area (Å²) in [6, 6.07) is 5.86. The van der Waals surface area contributed by atoms with Gasteiger partial charge in [0, 0.05) is 41.3 Å². The van der Waals surface area contributed by atoms with Gasteiger partial charge in [0.1, 0.15) is 23.6 Å². The molecule has 29 heavy (non-hydrogen) atoms. The van der Waals surface area contributed by atoms with Gasteiger partial charge < -0.3 is 19.2 Å². The van der Waals surface area contributed by atoms with Crippen LogP contribution in [0.2, 0.25) is 5.02 Å². The lowest BCUT2D eigenvalue weighted by molar-refractivity contribution is -0.106. The van der Waals surface area contributed by atoms with Gasteiger partial charge in [0.25, 0.3) is 0 Å². The molecule has 1 atom stereocenters. The van der Waals surface area contributed by atoms with Crippen molar-refractivity contribution in [3.05, 3.63) is 57.3 Å². The predicted molar refractivity (Wildman–Crippen MR) is 111 cm³/mol. The minimum absolute atomic E-state index is 0.0975. The van der Waals surface area contributed by atoms with Crippen LogP contribution < -0.4 is 5.32 Å². The molecule has 3 heterocycles. The van der Waals surface area contributed by atoms with Gasteiger partial charge in [0.05, 0.1) is 29.7 Å². The van der Waals surface area contributed by atoms with E-state index in [2.05, 4.69) is 26.2 Å². The Labute approximate surface area is 180 Å². The first-order valence-electron chi connectivity index (χ1n) is 8.98. The summed E-state index contributed by atoms with van der Waals surface area (Å²) in [6.45, 7) is 3.51. The first-order valence-corrected chi connectivity index (χ1v) is 10.1. The van der Waals surface area contributed by atoms with Crippen molar-refractivity contribution in [1.82, 2.24) is 14.7 Å². The number of aromatic nitrogens is 2. The minimum Gasteiger partial charge on any atom is -0.375 e. The molecule has 0 bridgehead atoms. The standard InChI is InChI=1S/C18H15BrClF2N3O.C2H4O/c19-10-5-13(21)17(14(22)6-10)18-15(8-12-9-23-2-4-26-12)25-3-1-11(20)7-16(25)24-18;1-2-3/h1,3,5-7,12,23H,2,4,8-9H2;2H,1H3. The highest BCUT2D eigenvalue weighted by Crippen LogP contribution is 2.33. The fourth-order valence-corrected chi connectivity index (χ4v) is 3.76. The maximum absolute atomic E-state index is 14.6. The second-order valence-electron chi connectivity index (χ2n) is 6.36. The molecule has 1 aromatic carbocycles. The zero-order chi connectivity index (χ0) is 21.0. The number of nitrogens with one attached hydrogen (secondary N) is 1. The molecule has 1 saturated heterocycles. The highest BCUT2D eigenvalue weighted by Gasteiger charge is 2.24. The molecule has 1 N–H and O–H groups in total. The van der Waals surface area contributed by atoms with E-state index in [4.69, 9.17) is 21.1 Å². The van der Waals surface area contributed by atoms with Gasteiger partial charge in [-0.15, -0.1) is 0 Å². The van der Waals surface area contributed by atoms with E-state index < -0.39 is 11.6 Å². The van der Waals surface area contributed by atoms with E-state index >= 15 is 0 Å². The number of benzene rings is 1. The zero-order valence-corrected chi connectivity index (χ0v) is 17.9. The molecule has 2 aromatic heterocycles. The number of nitrogens with zero attached hydrogens (tertiary/aromatic N) is 2. The highest BCUT2D eigenvalue weighted by molar-refractivity contribution is 9.10. The van der Waals surface area contributed by atoms with Crippen LogP contribution in [0.15, 0.2) is 34.9 Å². The molecular weight excluding hydrogens is 468 g/mol. The van der Waals surface area contributed by atoms with Crippen molar-refractivity contribution in [2.24, 2.45) is 0 Å². The number of rotatable bonds is 3. The summed E-state index contributed by atoms with van der Waals surface area (Å²) in [7, 11) is 0. The van der Waals surface area contributed by atoms with Crippen molar-refractivity contribution in [2.45, 2.75) is 19.4 Å². The van der Waals surface area contributed by atoms with Crippen LogP contribution in [0.4, 0.5) is 8.78 Å². The van der Waals surface area contributed by atoms with Crippen molar-refractivity contribution < 1.29 is 18.3 Å². The van der Waals surface area contributed by atoms with Crippen LogP contribution in [0.25, 0.3) is 16.9 Å². The monoisotopic (exact) mass is 485 g/mol. The SMILES string of the molecule is CC=O.Fc1cc(Br)cc(F)c1-c1nc2cc(Cl)ccn2c1CC1CNCCO1. The summed E-state index contributed by atoms with van der Waals surface area (Å²) >= 11 is 9.17. The largest absolute Gasteiger partial charge is 0.375 e. The molecule has 4 rings (SSSR count). The molecule has 1 unspecified atom stereocenters. The second kappa shape index (κ2) is 9.75.